The minimum atomic E-state index is -0.311. The lowest BCUT2D eigenvalue weighted by Crippen LogP contribution is -2.31. The van der Waals surface area contributed by atoms with Gasteiger partial charge in [-0.25, -0.2) is 0 Å². The Kier molecular flexibility index (Phi) is 8.08. The van der Waals surface area contributed by atoms with Crippen molar-refractivity contribution in [3.8, 4) is 5.75 Å². The zero-order chi connectivity index (χ0) is 23.0. The molecule has 0 radical (unpaired) electrons. The molecule has 3 nitrogen and oxygen atoms in total. The number of carbonyl (C=O) groups is 1. The van der Waals surface area contributed by atoms with Gasteiger partial charge in [0.1, 0.15) is 5.75 Å². The van der Waals surface area contributed by atoms with Crippen molar-refractivity contribution < 1.29 is 9.53 Å². The van der Waals surface area contributed by atoms with Crippen LogP contribution >= 0.6 is 27.7 Å². The third-order valence-electron chi connectivity index (χ3n) is 5.59. The smallest absolute Gasteiger partial charge is 0.232 e. The minimum absolute atomic E-state index is 0.0283. The van der Waals surface area contributed by atoms with Gasteiger partial charge in [-0.3, -0.25) is 4.79 Å². The molecule has 0 heterocycles. The summed E-state index contributed by atoms with van der Waals surface area (Å²) in [6.07, 6.45) is 0. The van der Waals surface area contributed by atoms with E-state index in [0.717, 1.165) is 32.9 Å². The first-order valence-corrected chi connectivity index (χ1v) is 12.8. The molecule has 4 rings (SSSR count). The average Bonchev–Trinajstić information content (AvgIpc) is 2.85. The van der Waals surface area contributed by atoms with Crippen molar-refractivity contribution in [1.29, 1.82) is 0 Å². The summed E-state index contributed by atoms with van der Waals surface area (Å²) in [4.78, 5) is 13.1. The molecule has 0 aliphatic rings. The third-order valence-corrected chi connectivity index (χ3v) is 7.07. The zero-order valence-electron chi connectivity index (χ0n) is 18.5. The molecular weight excluding hydrogens is 494 g/mol. The van der Waals surface area contributed by atoms with Crippen molar-refractivity contribution >= 4 is 44.4 Å². The highest BCUT2D eigenvalue weighted by Crippen LogP contribution is 2.32. The Morgan fingerprint density at radius 3 is 2.24 bits per heavy atom. The summed E-state index contributed by atoms with van der Waals surface area (Å²) in [6, 6.07) is 30.3. The molecule has 33 heavy (non-hydrogen) atoms. The summed E-state index contributed by atoms with van der Waals surface area (Å²) in [5.74, 6) is 2.25. The van der Waals surface area contributed by atoms with Gasteiger partial charge in [0.25, 0.3) is 0 Å². The number of thioether (sulfide) groups is 1. The van der Waals surface area contributed by atoms with E-state index in [1.54, 1.807) is 18.9 Å². The highest BCUT2D eigenvalue weighted by molar-refractivity contribution is 9.10. The molecule has 1 N–H and O–H groups in total. The molecule has 1 amide bonds. The Hall–Kier alpha value is -2.76. The number of methoxy groups -OCH3 is 1. The summed E-state index contributed by atoms with van der Waals surface area (Å²) in [5, 5.41) is 5.52. The molecule has 0 spiro atoms. The van der Waals surface area contributed by atoms with Crippen molar-refractivity contribution in [3.05, 3.63) is 112 Å². The normalized spacial score (nSPS) is 11.0. The van der Waals surface area contributed by atoms with Crippen LogP contribution in [0.5, 0.6) is 5.75 Å². The molecule has 0 unspecified atom stereocenters. The van der Waals surface area contributed by atoms with E-state index in [0.29, 0.717) is 6.54 Å². The van der Waals surface area contributed by atoms with Crippen LogP contribution < -0.4 is 10.1 Å². The van der Waals surface area contributed by atoms with Gasteiger partial charge in [-0.2, -0.15) is 11.8 Å². The van der Waals surface area contributed by atoms with Gasteiger partial charge in [0.05, 0.1) is 13.0 Å². The molecule has 0 aliphatic heterocycles. The molecule has 0 fully saturated rings. The number of rotatable bonds is 9. The third kappa shape index (κ3) is 5.79. The van der Waals surface area contributed by atoms with E-state index in [-0.39, 0.29) is 11.8 Å². The lowest BCUT2D eigenvalue weighted by Gasteiger charge is -2.18. The summed E-state index contributed by atoms with van der Waals surface area (Å²) >= 11 is 5.34. The quantitative estimate of drug-likeness (QED) is 0.247. The zero-order valence-corrected chi connectivity index (χ0v) is 20.9. The highest BCUT2D eigenvalue weighted by atomic mass is 79.9. The number of hydrogen-bond donors (Lipinski definition) is 1. The summed E-state index contributed by atoms with van der Waals surface area (Å²) in [7, 11) is 1.71. The first kappa shape index (κ1) is 23.4. The Balaban J connectivity index is 1.39. The topological polar surface area (TPSA) is 38.3 Å². The molecule has 4 aromatic rings. The number of ether oxygens (including phenoxy) is 1. The van der Waals surface area contributed by atoms with Crippen molar-refractivity contribution in [3.63, 3.8) is 0 Å². The second-order valence-electron chi connectivity index (χ2n) is 7.71. The second-order valence-corrected chi connectivity index (χ2v) is 9.73. The maximum absolute atomic E-state index is 13.1. The molecule has 0 saturated carbocycles. The lowest BCUT2D eigenvalue weighted by atomic mass is 9.90. The molecule has 5 heteroatoms. The predicted octanol–water partition coefficient (Wildman–Crippen LogP) is 6.79. The fraction of sp³-hybridized carbons (Fsp3) is 0.179. The molecule has 0 aromatic heterocycles. The molecule has 168 valence electrons. The second kappa shape index (κ2) is 11.4. The van der Waals surface area contributed by atoms with E-state index >= 15 is 0 Å². The first-order valence-electron chi connectivity index (χ1n) is 10.9. The van der Waals surface area contributed by atoms with Crippen LogP contribution in [0.3, 0.4) is 0 Å². The maximum atomic E-state index is 13.1. The molecule has 0 bridgehead atoms. The van der Waals surface area contributed by atoms with Crippen molar-refractivity contribution in [2.45, 2.75) is 11.7 Å². The highest BCUT2D eigenvalue weighted by Gasteiger charge is 2.22. The summed E-state index contributed by atoms with van der Waals surface area (Å²) in [5.41, 5.74) is 3.19. The van der Waals surface area contributed by atoms with Gasteiger partial charge in [-0.15, -0.1) is 0 Å². The van der Waals surface area contributed by atoms with Gasteiger partial charge in [0.15, 0.2) is 0 Å². The molecule has 0 saturated heterocycles. The lowest BCUT2D eigenvalue weighted by molar-refractivity contribution is -0.121. The van der Waals surface area contributed by atoms with Gasteiger partial charge >= 0.3 is 0 Å². The SMILES string of the molecule is COc1ccc2cc(Br)ccc2c1CSCCNC(=O)C(c1ccccc1)c1ccccc1. The van der Waals surface area contributed by atoms with Crippen molar-refractivity contribution in [2.75, 3.05) is 19.4 Å². The van der Waals surface area contributed by atoms with Crippen LogP contribution in [0.15, 0.2) is 95.5 Å². The van der Waals surface area contributed by atoms with Gasteiger partial charge in [0, 0.05) is 28.1 Å². The fourth-order valence-corrected chi connectivity index (χ4v) is 5.27. The van der Waals surface area contributed by atoms with Crippen molar-refractivity contribution in [1.82, 2.24) is 5.32 Å². The first-order chi connectivity index (χ1) is 16.2. The monoisotopic (exact) mass is 519 g/mol. The summed E-state index contributed by atoms with van der Waals surface area (Å²) in [6.45, 7) is 0.609. The molecule has 0 atom stereocenters. The van der Waals surface area contributed by atoms with Gasteiger partial charge < -0.3 is 10.1 Å². The Labute approximate surface area is 207 Å². The number of amides is 1. The van der Waals surface area contributed by atoms with E-state index in [9.17, 15) is 4.79 Å². The number of nitrogens with one attached hydrogen (secondary N) is 1. The van der Waals surface area contributed by atoms with Crippen LogP contribution in [0.25, 0.3) is 10.8 Å². The fourth-order valence-electron chi connectivity index (χ4n) is 3.99. The van der Waals surface area contributed by atoms with Crippen LogP contribution in [0.4, 0.5) is 0 Å². The summed E-state index contributed by atoms with van der Waals surface area (Å²) < 4.78 is 6.68. The average molecular weight is 520 g/mol. The number of halogens is 1. The standard InChI is InChI=1S/C28H26BrNO2S/c1-32-26-15-12-22-18-23(29)13-14-24(22)25(26)19-33-17-16-30-28(31)27(20-8-4-2-5-9-20)21-10-6-3-7-11-21/h2-15,18,27H,16-17,19H2,1H3,(H,30,31). The Bertz CT molecular complexity index is 1180. The molecule has 4 aromatic carbocycles. The van der Waals surface area contributed by atoms with Crippen LogP contribution in [-0.4, -0.2) is 25.3 Å². The Morgan fingerprint density at radius 1 is 0.939 bits per heavy atom. The largest absolute Gasteiger partial charge is 0.496 e. The predicted molar refractivity (Wildman–Crippen MR) is 142 cm³/mol. The number of carbonyl (C=O) groups excluding carboxylic acids is 1. The number of hydrogen-bond acceptors (Lipinski definition) is 3. The van der Waals surface area contributed by atoms with Crippen LogP contribution in [0.1, 0.15) is 22.6 Å². The minimum Gasteiger partial charge on any atom is -0.496 e. The van der Waals surface area contributed by atoms with E-state index in [2.05, 4.69) is 45.5 Å². The van der Waals surface area contributed by atoms with Gasteiger partial charge in [0.2, 0.25) is 5.91 Å². The van der Waals surface area contributed by atoms with Crippen molar-refractivity contribution in [2.24, 2.45) is 0 Å². The van der Waals surface area contributed by atoms with Crippen LogP contribution in [0, 0.1) is 0 Å². The van der Waals surface area contributed by atoms with Gasteiger partial charge in [-0.05, 0) is 40.1 Å². The maximum Gasteiger partial charge on any atom is 0.232 e. The molecule has 0 aliphatic carbocycles. The van der Waals surface area contributed by atoms with Gasteiger partial charge in [-0.1, -0.05) is 88.7 Å². The van der Waals surface area contributed by atoms with E-state index in [4.69, 9.17) is 4.74 Å². The van der Waals surface area contributed by atoms with E-state index < -0.39 is 0 Å². The molecular formula is C28H26BrNO2S. The van der Waals surface area contributed by atoms with Crippen LogP contribution in [-0.2, 0) is 10.5 Å². The number of fused-ring (bicyclic) bond motifs is 1. The van der Waals surface area contributed by atoms with E-state index in [1.807, 2.05) is 66.7 Å². The van der Waals surface area contributed by atoms with Crippen LogP contribution in [0.2, 0.25) is 0 Å². The number of benzene rings is 4. The van der Waals surface area contributed by atoms with E-state index in [1.165, 1.54) is 16.3 Å². The Morgan fingerprint density at radius 2 is 1.61 bits per heavy atom.